The summed E-state index contributed by atoms with van der Waals surface area (Å²) in [5.41, 5.74) is 7.69. The Hall–Kier alpha value is -1.37. The molecular formula is C15H17BrN2O2S. The molecule has 0 aliphatic carbocycles. The van der Waals surface area contributed by atoms with Crippen LogP contribution in [0.4, 0.5) is 5.69 Å². The summed E-state index contributed by atoms with van der Waals surface area (Å²) in [7, 11) is -3.63. The highest BCUT2D eigenvalue weighted by Gasteiger charge is 2.18. The van der Waals surface area contributed by atoms with Gasteiger partial charge in [-0.2, -0.15) is 0 Å². The van der Waals surface area contributed by atoms with Gasteiger partial charge in [0.1, 0.15) is 0 Å². The Balaban J connectivity index is 2.43. The second-order valence-electron chi connectivity index (χ2n) is 4.62. The molecule has 0 heterocycles. The third-order valence-electron chi connectivity index (χ3n) is 3.11. The Morgan fingerprint density at radius 2 is 1.95 bits per heavy atom. The average molecular weight is 369 g/mol. The molecule has 0 saturated heterocycles. The van der Waals surface area contributed by atoms with E-state index in [1.165, 1.54) is 0 Å². The summed E-state index contributed by atoms with van der Waals surface area (Å²) in [5, 5.41) is 0. The predicted molar refractivity (Wildman–Crippen MR) is 88.7 cm³/mol. The van der Waals surface area contributed by atoms with Gasteiger partial charge in [-0.15, -0.1) is 0 Å². The van der Waals surface area contributed by atoms with Gasteiger partial charge in [-0.3, -0.25) is 4.72 Å². The van der Waals surface area contributed by atoms with E-state index in [9.17, 15) is 8.42 Å². The number of rotatable bonds is 5. The maximum Gasteiger partial charge on any atom is 0.262 e. The Bertz CT molecular complexity index is 745. The van der Waals surface area contributed by atoms with Crippen LogP contribution in [-0.4, -0.2) is 8.42 Å². The van der Waals surface area contributed by atoms with E-state index in [4.69, 9.17) is 5.73 Å². The number of anilines is 1. The summed E-state index contributed by atoms with van der Waals surface area (Å²) in [5.74, 6) is 0. The number of hydrogen-bond donors (Lipinski definition) is 2. The number of nitrogens with one attached hydrogen (secondary N) is 1. The van der Waals surface area contributed by atoms with Crippen molar-refractivity contribution in [2.45, 2.75) is 24.8 Å². The van der Waals surface area contributed by atoms with E-state index in [2.05, 4.69) is 20.7 Å². The molecule has 0 atom stereocenters. The van der Waals surface area contributed by atoms with E-state index < -0.39 is 10.0 Å². The van der Waals surface area contributed by atoms with Gasteiger partial charge in [-0.25, -0.2) is 8.42 Å². The van der Waals surface area contributed by atoms with Crippen LogP contribution in [0.25, 0.3) is 0 Å². The SMILES string of the molecule is CCc1ccc(CN)cc1S(=O)(=O)Nc1cccc(Br)c1. The highest BCUT2D eigenvalue weighted by atomic mass is 79.9. The Labute approximate surface area is 133 Å². The standard InChI is InChI=1S/C15H17BrN2O2S/c1-2-12-7-6-11(10-17)8-15(12)21(19,20)18-14-5-3-4-13(16)9-14/h3-9,18H,2,10,17H2,1H3. The Morgan fingerprint density at radius 1 is 1.19 bits per heavy atom. The fourth-order valence-corrected chi connectivity index (χ4v) is 3.84. The Kier molecular flexibility index (Phi) is 5.03. The highest BCUT2D eigenvalue weighted by Crippen LogP contribution is 2.23. The lowest BCUT2D eigenvalue weighted by Gasteiger charge is -2.13. The number of nitrogens with two attached hydrogens (primary N) is 1. The molecule has 2 aromatic rings. The van der Waals surface area contributed by atoms with Crippen LogP contribution in [-0.2, 0) is 23.0 Å². The van der Waals surface area contributed by atoms with Crippen molar-refractivity contribution in [3.8, 4) is 0 Å². The number of halogens is 1. The maximum atomic E-state index is 12.6. The van der Waals surface area contributed by atoms with Gasteiger partial charge in [0.25, 0.3) is 10.0 Å². The van der Waals surface area contributed by atoms with Gasteiger partial charge in [0, 0.05) is 16.7 Å². The van der Waals surface area contributed by atoms with Gasteiger partial charge in [-0.05, 0) is 41.8 Å². The molecule has 0 fully saturated rings. The first-order valence-corrected chi connectivity index (χ1v) is 8.84. The minimum absolute atomic E-state index is 0.285. The molecule has 0 bridgehead atoms. The van der Waals surface area contributed by atoms with Gasteiger partial charge in [0.05, 0.1) is 4.90 Å². The first-order chi connectivity index (χ1) is 9.96. The van der Waals surface area contributed by atoms with Crippen molar-refractivity contribution in [1.29, 1.82) is 0 Å². The predicted octanol–water partition coefficient (Wildman–Crippen LogP) is 3.27. The van der Waals surface area contributed by atoms with Gasteiger partial charge >= 0.3 is 0 Å². The molecule has 112 valence electrons. The Morgan fingerprint density at radius 3 is 2.57 bits per heavy atom. The highest BCUT2D eigenvalue weighted by molar-refractivity contribution is 9.10. The normalized spacial score (nSPS) is 11.4. The summed E-state index contributed by atoms with van der Waals surface area (Å²) in [6, 6.07) is 12.4. The van der Waals surface area contributed by atoms with E-state index in [1.54, 1.807) is 24.3 Å². The lowest BCUT2D eigenvalue weighted by Crippen LogP contribution is -2.15. The molecule has 2 rings (SSSR count). The summed E-state index contributed by atoms with van der Waals surface area (Å²) in [6.07, 6.45) is 0.638. The van der Waals surface area contributed by atoms with Gasteiger partial charge < -0.3 is 5.73 Å². The van der Waals surface area contributed by atoms with Crippen LogP contribution in [0.1, 0.15) is 18.1 Å². The summed E-state index contributed by atoms with van der Waals surface area (Å²) in [6.45, 7) is 2.24. The molecular weight excluding hydrogens is 352 g/mol. The molecule has 2 aromatic carbocycles. The summed E-state index contributed by atoms with van der Waals surface area (Å²) in [4.78, 5) is 0.285. The zero-order chi connectivity index (χ0) is 15.5. The van der Waals surface area contributed by atoms with Crippen LogP contribution < -0.4 is 10.5 Å². The average Bonchev–Trinajstić information content (AvgIpc) is 2.46. The number of aryl methyl sites for hydroxylation is 1. The fourth-order valence-electron chi connectivity index (χ4n) is 2.03. The van der Waals surface area contributed by atoms with Crippen LogP contribution in [0, 0.1) is 0 Å². The zero-order valence-electron chi connectivity index (χ0n) is 11.6. The van der Waals surface area contributed by atoms with Crippen molar-refractivity contribution in [3.05, 3.63) is 58.1 Å². The van der Waals surface area contributed by atoms with E-state index >= 15 is 0 Å². The molecule has 0 radical (unpaired) electrons. The number of sulfonamides is 1. The van der Waals surface area contributed by atoms with Gasteiger partial charge in [-0.1, -0.05) is 41.1 Å². The molecule has 0 saturated carbocycles. The molecule has 0 aromatic heterocycles. The summed E-state index contributed by atoms with van der Waals surface area (Å²) < 4.78 is 28.6. The summed E-state index contributed by atoms with van der Waals surface area (Å²) >= 11 is 3.33. The van der Waals surface area contributed by atoms with Crippen molar-refractivity contribution in [2.24, 2.45) is 5.73 Å². The number of benzene rings is 2. The van der Waals surface area contributed by atoms with Gasteiger partial charge in [0.15, 0.2) is 0 Å². The molecule has 4 nitrogen and oxygen atoms in total. The molecule has 0 aliphatic rings. The monoisotopic (exact) mass is 368 g/mol. The first-order valence-electron chi connectivity index (χ1n) is 6.56. The van der Waals surface area contributed by atoms with E-state index in [0.29, 0.717) is 18.7 Å². The van der Waals surface area contributed by atoms with Crippen LogP contribution >= 0.6 is 15.9 Å². The minimum Gasteiger partial charge on any atom is -0.326 e. The molecule has 0 spiro atoms. The largest absolute Gasteiger partial charge is 0.326 e. The van der Waals surface area contributed by atoms with Crippen molar-refractivity contribution < 1.29 is 8.42 Å². The van der Waals surface area contributed by atoms with Crippen molar-refractivity contribution in [2.75, 3.05) is 4.72 Å². The van der Waals surface area contributed by atoms with Crippen molar-refractivity contribution in [1.82, 2.24) is 0 Å². The van der Waals surface area contributed by atoms with Crippen molar-refractivity contribution in [3.63, 3.8) is 0 Å². The quantitative estimate of drug-likeness (QED) is 0.850. The molecule has 3 N–H and O–H groups in total. The second-order valence-corrected chi connectivity index (χ2v) is 7.18. The first kappa shape index (κ1) is 16.0. The van der Waals surface area contributed by atoms with Gasteiger partial charge in [0.2, 0.25) is 0 Å². The van der Waals surface area contributed by atoms with E-state index in [1.807, 2.05) is 25.1 Å². The van der Waals surface area contributed by atoms with Crippen LogP contribution in [0.3, 0.4) is 0 Å². The molecule has 6 heteroatoms. The minimum atomic E-state index is -3.63. The third-order valence-corrected chi connectivity index (χ3v) is 5.07. The van der Waals surface area contributed by atoms with Crippen LogP contribution in [0.5, 0.6) is 0 Å². The second kappa shape index (κ2) is 6.60. The van der Waals surface area contributed by atoms with Crippen LogP contribution in [0.15, 0.2) is 51.8 Å². The molecule has 0 unspecified atom stereocenters. The third kappa shape index (κ3) is 3.84. The maximum absolute atomic E-state index is 12.6. The van der Waals surface area contributed by atoms with Crippen LogP contribution in [0.2, 0.25) is 0 Å². The number of hydrogen-bond acceptors (Lipinski definition) is 3. The fraction of sp³-hybridized carbons (Fsp3) is 0.200. The topological polar surface area (TPSA) is 72.2 Å². The molecule has 0 aliphatic heterocycles. The van der Waals surface area contributed by atoms with E-state index in [0.717, 1.165) is 15.6 Å². The molecule has 0 amide bonds. The smallest absolute Gasteiger partial charge is 0.262 e. The molecule has 21 heavy (non-hydrogen) atoms. The van der Waals surface area contributed by atoms with E-state index in [-0.39, 0.29) is 4.90 Å². The lowest BCUT2D eigenvalue weighted by atomic mass is 10.1. The zero-order valence-corrected chi connectivity index (χ0v) is 14.0. The lowest BCUT2D eigenvalue weighted by molar-refractivity contribution is 0.600. The van der Waals surface area contributed by atoms with Crippen molar-refractivity contribution >= 4 is 31.6 Å².